The van der Waals surface area contributed by atoms with E-state index in [2.05, 4.69) is 11.3 Å². The summed E-state index contributed by atoms with van der Waals surface area (Å²) in [4.78, 5) is 21.0. The normalized spacial score (nSPS) is 11.8. The molecule has 0 aromatic carbocycles. The molecule has 0 saturated heterocycles. The molecule has 0 aromatic heterocycles. The Labute approximate surface area is 71.2 Å². The molecule has 0 heterocycles. The Morgan fingerprint density at radius 2 is 2.25 bits per heavy atom. The molecule has 0 radical (unpaired) electrons. The molecule has 0 aliphatic rings. The number of carbonyl (C=O) groups is 2. The highest BCUT2D eigenvalue weighted by atomic mass is 16.7. The Balaban J connectivity index is 3.93. The maximum absolute atomic E-state index is 10.8. The summed E-state index contributed by atoms with van der Waals surface area (Å²) in [5.41, 5.74) is 0.238. The van der Waals surface area contributed by atoms with Gasteiger partial charge in [0.25, 0.3) is 6.29 Å². The van der Waals surface area contributed by atoms with Crippen molar-refractivity contribution in [2.75, 3.05) is 6.61 Å². The van der Waals surface area contributed by atoms with Crippen molar-refractivity contribution in [3.05, 3.63) is 12.2 Å². The monoisotopic (exact) mass is 172 g/mol. The van der Waals surface area contributed by atoms with E-state index in [1.807, 2.05) is 0 Å². The quantitative estimate of drug-likeness (QED) is 0.264. The summed E-state index contributed by atoms with van der Waals surface area (Å²) in [7, 11) is 0. The molecule has 0 amide bonds. The molecule has 0 aliphatic heterocycles. The van der Waals surface area contributed by atoms with Gasteiger partial charge in [-0.1, -0.05) is 6.58 Å². The predicted molar refractivity (Wildman–Crippen MR) is 42.4 cm³/mol. The third kappa shape index (κ3) is 3.88. The highest BCUT2D eigenvalue weighted by Crippen LogP contribution is 1.97. The van der Waals surface area contributed by atoms with Gasteiger partial charge in [-0.2, -0.15) is 0 Å². The lowest BCUT2D eigenvalue weighted by Crippen LogP contribution is -2.23. The van der Waals surface area contributed by atoms with Crippen molar-refractivity contribution in [3.8, 4) is 0 Å². The Bertz CT molecular complexity index is 185. The SMILES string of the molecule is C=C(C)C(=O)OC(C=O)OCC. The van der Waals surface area contributed by atoms with Crippen LogP contribution in [-0.4, -0.2) is 25.2 Å². The lowest BCUT2D eigenvalue weighted by atomic mass is 10.4. The molecule has 0 N–H and O–H groups in total. The molecule has 0 aromatic rings. The highest BCUT2D eigenvalue weighted by molar-refractivity contribution is 5.87. The van der Waals surface area contributed by atoms with E-state index in [9.17, 15) is 9.59 Å². The second-order valence-electron chi connectivity index (χ2n) is 2.15. The fraction of sp³-hybridized carbons (Fsp3) is 0.500. The van der Waals surface area contributed by atoms with Crippen molar-refractivity contribution >= 4 is 12.3 Å². The molecule has 12 heavy (non-hydrogen) atoms. The van der Waals surface area contributed by atoms with Crippen molar-refractivity contribution in [1.29, 1.82) is 0 Å². The van der Waals surface area contributed by atoms with E-state index in [1.54, 1.807) is 6.92 Å². The average molecular weight is 172 g/mol. The van der Waals surface area contributed by atoms with Crippen molar-refractivity contribution in [2.45, 2.75) is 20.1 Å². The molecule has 0 spiro atoms. The third-order valence-corrected chi connectivity index (χ3v) is 1.01. The minimum atomic E-state index is -1.11. The summed E-state index contributed by atoms with van der Waals surface area (Å²) in [6.07, 6.45) is -0.691. The molecular weight excluding hydrogens is 160 g/mol. The van der Waals surface area contributed by atoms with E-state index in [0.717, 1.165) is 0 Å². The molecule has 1 unspecified atom stereocenters. The summed E-state index contributed by atoms with van der Waals surface area (Å²) in [6, 6.07) is 0. The fourth-order valence-electron chi connectivity index (χ4n) is 0.471. The molecular formula is C8H12O4. The summed E-state index contributed by atoms with van der Waals surface area (Å²) in [6.45, 7) is 6.86. The van der Waals surface area contributed by atoms with Crippen LogP contribution in [-0.2, 0) is 19.1 Å². The molecule has 68 valence electrons. The number of esters is 1. The van der Waals surface area contributed by atoms with E-state index < -0.39 is 12.3 Å². The van der Waals surface area contributed by atoms with Gasteiger partial charge in [0.2, 0.25) is 0 Å². The van der Waals surface area contributed by atoms with Crippen LogP contribution in [0.4, 0.5) is 0 Å². The van der Waals surface area contributed by atoms with E-state index in [0.29, 0.717) is 12.9 Å². The lowest BCUT2D eigenvalue weighted by Gasteiger charge is -2.10. The average Bonchev–Trinajstić information content (AvgIpc) is 2.03. The van der Waals surface area contributed by atoms with Crippen LogP contribution in [0.15, 0.2) is 12.2 Å². The summed E-state index contributed by atoms with van der Waals surface area (Å²) in [5.74, 6) is -0.624. The van der Waals surface area contributed by atoms with Crippen molar-refractivity contribution < 1.29 is 19.1 Å². The summed E-state index contributed by atoms with van der Waals surface area (Å²) in [5, 5.41) is 0. The fourth-order valence-corrected chi connectivity index (χ4v) is 0.471. The van der Waals surface area contributed by atoms with Gasteiger partial charge in [0.15, 0.2) is 6.29 Å². The molecule has 0 aliphatic carbocycles. The molecule has 4 heteroatoms. The second-order valence-corrected chi connectivity index (χ2v) is 2.15. The zero-order valence-electron chi connectivity index (χ0n) is 7.20. The molecule has 0 rings (SSSR count). The van der Waals surface area contributed by atoms with E-state index in [1.165, 1.54) is 6.92 Å². The van der Waals surface area contributed by atoms with Gasteiger partial charge in [0, 0.05) is 12.2 Å². The minimum Gasteiger partial charge on any atom is -0.425 e. The van der Waals surface area contributed by atoms with Gasteiger partial charge in [-0.15, -0.1) is 0 Å². The van der Waals surface area contributed by atoms with Crippen LogP contribution >= 0.6 is 0 Å². The maximum atomic E-state index is 10.8. The first kappa shape index (κ1) is 10.8. The van der Waals surface area contributed by atoms with Crippen LogP contribution in [0.1, 0.15) is 13.8 Å². The van der Waals surface area contributed by atoms with Gasteiger partial charge in [-0.25, -0.2) is 4.79 Å². The van der Waals surface area contributed by atoms with Crippen LogP contribution < -0.4 is 0 Å². The first-order valence-electron chi connectivity index (χ1n) is 3.55. The van der Waals surface area contributed by atoms with Crippen LogP contribution in [0.3, 0.4) is 0 Å². The zero-order chi connectivity index (χ0) is 9.56. The number of hydrogen-bond acceptors (Lipinski definition) is 4. The number of ether oxygens (including phenoxy) is 2. The van der Waals surface area contributed by atoms with Gasteiger partial charge < -0.3 is 9.47 Å². The predicted octanol–water partition coefficient (Wildman–Crippen LogP) is 0.667. The zero-order valence-corrected chi connectivity index (χ0v) is 7.20. The van der Waals surface area contributed by atoms with Crippen LogP contribution in [0.5, 0.6) is 0 Å². The highest BCUT2D eigenvalue weighted by Gasteiger charge is 2.12. The van der Waals surface area contributed by atoms with Gasteiger partial charge in [0.1, 0.15) is 0 Å². The van der Waals surface area contributed by atoms with Crippen LogP contribution in [0, 0.1) is 0 Å². The van der Waals surface area contributed by atoms with Crippen molar-refractivity contribution in [3.63, 3.8) is 0 Å². The number of carbonyl (C=O) groups excluding carboxylic acids is 2. The molecule has 0 fully saturated rings. The lowest BCUT2D eigenvalue weighted by molar-refractivity contribution is -0.174. The van der Waals surface area contributed by atoms with Crippen LogP contribution in [0.2, 0.25) is 0 Å². The van der Waals surface area contributed by atoms with Gasteiger partial charge in [0.05, 0.1) is 0 Å². The van der Waals surface area contributed by atoms with Crippen molar-refractivity contribution in [1.82, 2.24) is 0 Å². The largest absolute Gasteiger partial charge is 0.425 e. The third-order valence-electron chi connectivity index (χ3n) is 1.01. The van der Waals surface area contributed by atoms with Gasteiger partial charge in [-0.3, -0.25) is 4.79 Å². The van der Waals surface area contributed by atoms with Gasteiger partial charge >= 0.3 is 5.97 Å². The number of aldehydes is 1. The molecule has 0 bridgehead atoms. The first-order chi connectivity index (χ1) is 5.61. The Kier molecular flexibility index (Phi) is 4.96. The number of hydrogen-bond donors (Lipinski definition) is 0. The van der Waals surface area contributed by atoms with E-state index >= 15 is 0 Å². The standard InChI is InChI=1S/C8H12O4/c1-4-11-7(5-9)12-8(10)6(2)3/h5,7H,2,4H2,1,3H3. The topological polar surface area (TPSA) is 52.6 Å². The second kappa shape index (κ2) is 5.49. The van der Waals surface area contributed by atoms with Gasteiger partial charge in [-0.05, 0) is 13.8 Å². The van der Waals surface area contributed by atoms with E-state index in [-0.39, 0.29) is 5.57 Å². The van der Waals surface area contributed by atoms with Crippen molar-refractivity contribution in [2.24, 2.45) is 0 Å². The van der Waals surface area contributed by atoms with Crippen LogP contribution in [0.25, 0.3) is 0 Å². The molecule has 0 saturated carbocycles. The van der Waals surface area contributed by atoms with E-state index in [4.69, 9.17) is 4.74 Å². The summed E-state index contributed by atoms with van der Waals surface area (Å²) < 4.78 is 9.33. The Morgan fingerprint density at radius 3 is 2.58 bits per heavy atom. The first-order valence-corrected chi connectivity index (χ1v) is 3.55. The molecule has 4 nitrogen and oxygen atoms in total. The molecule has 1 atom stereocenters. The minimum absolute atomic E-state index is 0.238. The Hall–Kier alpha value is -1.16. The Morgan fingerprint density at radius 1 is 1.67 bits per heavy atom. The maximum Gasteiger partial charge on any atom is 0.335 e. The summed E-state index contributed by atoms with van der Waals surface area (Å²) >= 11 is 0. The number of rotatable bonds is 5. The smallest absolute Gasteiger partial charge is 0.335 e.